The van der Waals surface area contributed by atoms with E-state index in [-0.39, 0.29) is 5.54 Å². The van der Waals surface area contributed by atoms with Crippen LogP contribution in [0.4, 0.5) is 5.69 Å². The Hall–Kier alpha value is -2.36. The van der Waals surface area contributed by atoms with Gasteiger partial charge in [-0.05, 0) is 32.2 Å². The number of hydrogen-bond donors (Lipinski definition) is 1. The van der Waals surface area contributed by atoms with Gasteiger partial charge in [-0.3, -0.25) is 0 Å². The van der Waals surface area contributed by atoms with E-state index in [1.165, 1.54) is 10.8 Å². The summed E-state index contributed by atoms with van der Waals surface area (Å²) in [5, 5.41) is 14.3. The van der Waals surface area contributed by atoms with Gasteiger partial charge in [0.05, 0.1) is 18.3 Å². The molecule has 2 aromatic carbocycles. The van der Waals surface area contributed by atoms with Gasteiger partial charge in [0, 0.05) is 11.1 Å². The smallest absolute Gasteiger partial charge is 0.102 e. The summed E-state index contributed by atoms with van der Waals surface area (Å²) >= 11 is 0. The van der Waals surface area contributed by atoms with Gasteiger partial charge in [-0.25, -0.2) is 4.68 Å². The summed E-state index contributed by atoms with van der Waals surface area (Å²) in [6, 6.07) is 14.6. The van der Waals surface area contributed by atoms with Gasteiger partial charge in [-0.2, -0.15) is 0 Å². The van der Waals surface area contributed by atoms with E-state index in [1.807, 2.05) is 10.9 Å². The molecule has 0 unspecified atom stereocenters. The summed E-state index contributed by atoms with van der Waals surface area (Å²) in [4.78, 5) is 0. The summed E-state index contributed by atoms with van der Waals surface area (Å²) < 4.78 is 1.90. The van der Waals surface area contributed by atoms with Gasteiger partial charge in [0.25, 0.3) is 0 Å². The second-order valence-corrected chi connectivity index (χ2v) is 6.21. The first-order valence-electron chi connectivity index (χ1n) is 7.17. The molecule has 0 fully saturated rings. The Morgan fingerprint density at radius 1 is 1.05 bits per heavy atom. The van der Waals surface area contributed by atoms with E-state index in [9.17, 15) is 0 Å². The van der Waals surface area contributed by atoms with Crippen LogP contribution in [0, 0.1) is 0 Å². The van der Waals surface area contributed by atoms with Crippen molar-refractivity contribution in [2.75, 3.05) is 5.32 Å². The zero-order chi connectivity index (χ0) is 14.9. The molecule has 0 amide bonds. The van der Waals surface area contributed by atoms with Crippen molar-refractivity contribution in [3.8, 4) is 0 Å². The lowest BCUT2D eigenvalue weighted by molar-refractivity contribution is 0.347. The number of aromatic nitrogens is 3. The molecule has 1 heterocycles. The molecule has 21 heavy (non-hydrogen) atoms. The zero-order valence-electron chi connectivity index (χ0n) is 12.7. The summed E-state index contributed by atoms with van der Waals surface area (Å²) in [7, 11) is 0. The van der Waals surface area contributed by atoms with Crippen molar-refractivity contribution in [2.45, 2.75) is 32.9 Å². The molecule has 0 atom stereocenters. The Balaban J connectivity index is 1.79. The molecule has 0 aliphatic heterocycles. The molecule has 1 aromatic heterocycles. The highest BCUT2D eigenvalue weighted by Gasteiger charge is 2.14. The van der Waals surface area contributed by atoms with Crippen molar-refractivity contribution in [1.29, 1.82) is 0 Å². The first kappa shape index (κ1) is 13.6. The maximum absolute atomic E-state index is 4.23. The first-order chi connectivity index (χ1) is 10.0. The van der Waals surface area contributed by atoms with Crippen LogP contribution in [0.3, 0.4) is 0 Å². The predicted molar refractivity (Wildman–Crippen MR) is 86.3 cm³/mol. The van der Waals surface area contributed by atoms with Crippen molar-refractivity contribution < 1.29 is 0 Å². The SMILES string of the molecule is CC(C)(C)n1cc(CNc2cccc3ccccc23)nn1. The quantitative estimate of drug-likeness (QED) is 0.793. The Morgan fingerprint density at radius 3 is 2.57 bits per heavy atom. The molecule has 0 aliphatic rings. The third-order valence-electron chi connectivity index (χ3n) is 3.48. The highest BCUT2D eigenvalue weighted by molar-refractivity contribution is 5.93. The van der Waals surface area contributed by atoms with Crippen molar-refractivity contribution >= 4 is 16.5 Å². The van der Waals surface area contributed by atoms with Gasteiger partial charge in [0.15, 0.2) is 0 Å². The van der Waals surface area contributed by atoms with Crippen LogP contribution >= 0.6 is 0 Å². The van der Waals surface area contributed by atoms with Crippen molar-refractivity contribution in [2.24, 2.45) is 0 Å². The van der Waals surface area contributed by atoms with Gasteiger partial charge < -0.3 is 5.32 Å². The number of benzene rings is 2. The average molecular weight is 280 g/mol. The number of nitrogens with one attached hydrogen (secondary N) is 1. The van der Waals surface area contributed by atoms with E-state index in [0.29, 0.717) is 6.54 Å². The Morgan fingerprint density at radius 2 is 1.81 bits per heavy atom. The second-order valence-electron chi connectivity index (χ2n) is 6.21. The highest BCUT2D eigenvalue weighted by Crippen LogP contribution is 2.23. The maximum atomic E-state index is 4.23. The summed E-state index contributed by atoms with van der Waals surface area (Å²) in [5.41, 5.74) is 2.03. The van der Waals surface area contributed by atoms with Gasteiger partial charge >= 0.3 is 0 Å². The lowest BCUT2D eigenvalue weighted by atomic mass is 10.1. The molecule has 0 saturated carbocycles. The van der Waals surface area contributed by atoms with Crippen LogP contribution in [0.25, 0.3) is 10.8 Å². The molecule has 0 saturated heterocycles. The lowest BCUT2D eigenvalue weighted by Crippen LogP contribution is -2.22. The standard InChI is InChI=1S/C17H20N4/c1-17(2,3)21-12-14(19-20-21)11-18-16-10-6-8-13-7-4-5-9-15(13)16/h4-10,12,18H,11H2,1-3H3. The van der Waals surface area contributed by atoms with Crippen LogP contribution < -0.4 is 5.32 Å². The van der Waals surface area contributed by atoms with Crippen molar-refractivity contribution in [3.63, 3.8) is 0 Å². The third kappa shape index (κ3) is 2.89. The fraction of sp³-hybridized carbons (Fsp3) is 0.294. The molecule has 3 rings (SSSR count). The number of hydrogen-bond acceptors (Lipinski definition) is 3. The molecule has 0 bridgehead atoms. The fourth-order valence-corrected chi connectivity index (χ4v) is 2.27. The number of fused-ring (bicyclic) bond motifs is 1. The van der Waals surface area contributed by atoms with Gasteiger partial charge in [-0.15, -0.1) is 5.10 Å². The maximum Gasteiger partial charge on any atom is 0.102 e. The predicted octanol–water partition coefficient (Wildman–Crippen LogP) is 3.80. The first-order valence-corrected chi connectivity index (χ1v) is 7.17. The lowest BCUT2D eigenvalue weighted by Gasteiger charge is -2.17. The van der Waals surface area contributed by atoms with E-state index in [0.717, 1.165) is 11.4 Å². The Bertz CT molecular complexity index is 747. The molecule has 3 aromatic rings. The van der Waals surface area contributed by atoms with Gasteiger partial charge in [0.1, 0.15) is 5.69 Å². The summed E-state index contributed by atoms with van der Waals surface area (Å²) in [5.74, 6) is 0. The average Bonchev–Trinajstić information content (AvgIpc) is 2.94. The second kappa shape index (κ2) is 5.20. The Kier molecular flexibility index (Phi) is 3.37. The minimum absolute atomic E-state index is 0.0370. The third-order valence-corrected chi connectivity index (χ3v) is 3.48. The monoisotopic (exact) mass is 280 g/mol. The van der Waals surface area contributed by atoms with Crippen LogP contribution in [-0.2, 0) is 12.1 Å². The molecule has 0 radical (unpaired) electrons. The van der Waals surface area contributed by atoms with Crippen LogP contribution in [0.15, 0.2) is 48.7 Å². The molecular formula is C17H20N4. The number of rotatable bonds is 3. The van der Waals surface area contributed by atoms with E-state index < -0.39 is 0 Å². The van der Waals surface area contributed by atoms with E-state index >= 15 is 0 Å². The molecule has 1 N–H and O–H groups in total. The zero-order valence-corrected chi connectivity index (χ0v) is 12.7. The minimum Gasteiger partial charge on any atom is -0.379 e. The molecule has 4 nitrogen and oxygen atoms in total. The van der Waals surface area contributed by atoms with Crippen molar-refractivity contribution in [1.82, 2.24) is 15.0 Å². The number of anilines is 1. The van der Waals surface area contributed by atoms with Crippen LogP contribution in [0.5, 0.6) is 0 Å². The summed E-state index contributed by atoms with van der Waals surface area (Å²) in [6.07, 6.45) is 2.00. The van der Waals surface area contributed by atoms with E-state index in [2.05, 4.69) is 78.9 Å². The van der Waals surface area contributed by atoms with Gasteiger partial charge in [-0.1, -0.05) is 41.6 Å². The van der Waals surface area contributed by atoms with E-state index in [4.69, 9.17) is 0 Å². The van der Waals surface area contributed by atoms with Crippen LogP contribution in [-0.4, -0.2) is 15.0 Å². The molecule has 0 spiro atoms. The fourth-order valence-electron chi connectivity index (χ4n) is 2.27. The van der Waals surface area contributed by atoms with Crippen molar-refractivity contribution in [3.05, 3.63) is 54.4 Å². The molecule has 0 aliphatic carbocycles. The Labute approximate surface area is 124 Å². The molecular weight excluding hydrogens is 260 g/mol. The largest absolute Gasteiger partial charge is 0.379 e. The number of nitrogens with zero attached hydrogens (tertiary/aromatic N) is 3. The highest BCUT2D eigenvalue weighted by atomic mass is 15.4. The topological polar surface area (TPSA) is 42.7 Å². The molecule has 4 heteroatoms. The minimum atomic E-state index is -0.0370. The van der Waals surface area contributed by atoms with Gasteiger partial charge in [0.2, 0.25) is 0 Å². The molecule has 108 valence electrons. The van der Waals surface area contributed by atoms with Crippen LogP contribution in [0.2, 0.25) is 0 Å². The van der Waals surface area contributed by atoms with E-state index in [1.54, 1.807) is 0 Å². The summed E-state index contributed by atoms with van der Waals surface area (Å²) in [6.45, 7) is 7.01. The van der Waals surface area contributed by atoms with Crippen LogP contribution in [0.1, 0.15) is 26.5 Å². The normalized spacial score (nSPS) is 11.8.